The molecule has 0 aromatic heterocycles. The van der Waals surface area contributed by atoms with Gasteiger partial charge in [0.25, 0.3) is 0 Å². The maximum absolute atomic E-state index is 12.3. The fraction of sp³-hybridized carbons (Fsp3) is 0.750. The van der Waals surface area contributed by atoms with Gasteiger partial charge < -0.3 is 0 Å². The van der Waals surface area contributed by atoms with Crippen LogP contribution in [-0.4, -0.2) is 15.0 Å². The summed E-state index contributed by atoms with van der Waals surface area (Å²) in [5, 5.41) is 0. The fourth-order valence-electron chi connectivity index (χ4n) is 2.61. The molecule has 0 saturated carbocycles. The Balaban J connectivity index is 2.86. The van der Waals surface area contributed by atoms with Crippen LogP contribution < -0.4 is 4.72 Å². The molecule has 1 aliphatic rings. The molecule has 3 heteroatoms. The molecule has 3 atom stereocenters. The van der Waals surface area contributed by atoms with Crippen LogP contribution in [0.15, 0.2) is 24.3 Å². The van der Waals surface area contributed by atoms with Crippen LogP contribution in [0.2, 0.25) is 0 Å². The molecule has 0 spiro atoms. The zero-order chi connectivity index (χ0) is 14.8. The van der Waals surface area contributed by atoms with E-state index in [0.717, 1.165) is 12.8 Å². The number of nitrogens with one attached hydrogen (secondary N) is 1. The highest BCUT2D eigenvalue weighted by atomic mass is 32.2. The van der Waals surface area contributed by atoms with Crippen molar-refractivity contribution in [2.24, 2.45) is 11.3 Å². The first-order valence-corrected chi connectivity index (χ1v) is 8.22. The molecule has 0 saturated heterocycles. The quantitative estimate of drug-likeness (QED) is 0.760. The third-order valence-corrected chi connectivity index (χ3v) is 5.97. The van der Waals surface area contributed by atoms with E-state index in [-0.39, 0.29) is 16.2 Å². The zero-order valence-corrected chi connectivity index (χ0v) is 14.1. The number of allylic oxidation sites excluding steroid dienone is 2. The molecule has 0 aromatic rings. The summed E-state index contributed by atoms with van der Waals surface area (Å²) >= 11 is 0. The lowest BCUT2D eigenvalue weighted by Gasteiger charge is -2.37. The molecule has 0 aromatic carbocycles. The molecule has 1 rings (SSSR count). The van der Waals surface area contributed by atoms with E-state index in [4.69, 9.17) is 0 Å². The summed E-state index contributed by atoms with van der Waals surface area (Å²) in [5.41, 5.74) is 1.61. The summed E-state index contributed by atoms with van der Waals surface area (Å²) in [6.45, 7) is 16.6. The van der Waals surface area contributed by atoms with Crippen molar-refractivity contribution in [3.8, 4) is 0 Å². The summed E-state index contributed by atoms with van der Waals surface area (Å²) in [5.74, 6) is 0.483. The van der Waals surface area contributed by atoms with Gasteiger partial charge in [0.2, 0.25) is 0 Å². The molecule has 2 unspecified atom stereocenters. The van der Waals surface area contributed by atoms with Gasteiger partial charge in [0.15, 0.2) is 0 Å². The summed E-state index contributed by atoms with van der Waals surface area (Å²) in [7, 11) is -1.03. The van der Waals surface area contributed by atoms with Crippen molar-refractivity contribution < 1.29 is 4.21 Å². The Morgan fingerprint density at radius 1 is 1.58 bits per heavy atom. The average molecular weight is 283 g/mol. The minimum Gasteiger partial charge on any atom is -0.242 e. The van der Waals surface area contributed by atoms with E-state index in [1.807, 2.05) is 26.8 Å². The van der Waals surface area contributed by atoms with Crippen LogP contribution in [0.5, 0.6) is 0 Å². The molecule has 110 valence electrons. The van der Waals surface area contributed by atoms with Gasteiger partial charge in [-0.25, -0.2) is 8.93 Å². The maximum atomic E-state index is 12.3. The fourth-order valence-corrected chi connectivity index (χ4v) is 3.50. The number of hydrogen-bond donors (Lipinski definition) is 1. The smallest absolute Gasteiger partial charge is 0.0972 e. The molecular formula is C16H29NOS. The Kier molecular flexibility index (Phi) is 5.19. The molecule has 1 aliphatic carbocycles. The summed E-state index contributed by atoms with van der Waals surface area (Å²) < 4.78 is 15.5. The van der Waals surface area contributed by atoms with E-state index in [0.29, 0.717) is 5.92 Å². The van der Waals surface area contributed by atoms with Crippen molar-refractivity contribution in [3.63, 3.8) is 0 Å². The van der Waals surface area contributed by atoms with Gasteiger partial charge in [0.05, 0.1) is 15.7 Å². The third kappa shape index (κ3) is 3.79. The van der Waals surface area contributed by atoms with Crippen LogP contribution in [0, 0.1) is 11.3 Å². The largest absolute Gasteiger partial charge is 0.242 e. The minimum atomic E-state index is -1.03. The van der Waals surface area contributed by atoms with E-state index in [2.05, 4.69) is 38.1 Å². The Morgan fingerprint density at radius 2 is 2.16 bits per heavy atom. The molecule has 0 aliphatic heterocycles. The van der Waals surface area contributed by atoms with Gasteiger partial charge in [-0.15, -0.1) is 6.58 Å². The van der Waals surface area contributed by atoms with Crippen molar-refractivity contribution in [3.05, 3.63) is 24.3 Å². The SMILES string of the molecule is C=CC[C@H](NS(=O)C(C)(C)C)C1CC=C(C)C1(C)C. The monoisotopic (exact) mass is 283 g/mol. The van der Waals surface area contributed by atoms with E-state index < -0.39 is 11.0 Å². The van der Waals surface area contributed by atoms with Crippen molar-refractivity contribution in [1.29, 1.82) is 0 Å². The van der Waals surface area contributed by atoms with Crippen LogP contribution in [0.4, 0.5) is 0 Å². The second kappa shape index (κ2) is 5.92. The Hall–Kier alpha value is -0.410. The highest BCUT2D eigenvalue weighted by Crippen LogP contribution is 2.45. The second-order valence-electron chi connectivity index (χ2n) is 7.08. The van der Waals surface area contributed by atoms with Crippen LogP contribution in [0.1, 0.15) is 54.4 Å². The minimum absolute atomic E-state index is 0.169. The van der Waals surface area contributed by atoms with E-state index in [1.165, 1.54) is 5.57 Å². The first-order valence-electron chi connectivity index (χ1n) is 7.07. The summed E-state index contributed by atoms with van der Waals surface area (Å²) in [6.07, 6.45) is 6.17. The third-order valence-electron chi connectivity index (χ3n) is 4.34. The lowest BCUT2D eigenvalue weighted by molar-refractivity contribution is 0.236. The zero-order valence-electron chi connectivity index (χ0n) is 13.2. The normalized spacial score (nSPS) is 25.8. The highest BCUT2D eigenvalue weighted by Gasteiger charge is 2.40. The summed E-state index contributed by atoms with van der Waals surface area (Å²) in [6, 6.07) is 0.223. The molecule has 1 N–H and O–H groups in total. The number of rotatable bonds is 5. The van der Waals surface area contributed by atoms with Crippen LogP contribution in [0.25, 0.3) is 0 Å². The van der Waals surface area contributed by atoms with E-state index >= 15 is 0 Å². The Bertz CT molecular complexity index is 390. The number of hydrogen-bond acceptors (Lipinski definition) is 1. The molecular weight excluding hydrogens is 254 g/mol. The molecule has 0 bridgehead atoms. The molecule has 0 amide bonds. The Labute approximate surface area is 121 Å². The molecule has 0 heterocycles. The second-order valence-corrected chi connectivity index (χ2v) is 9.08. The predicted octanol–water partition coefficient (Wildman–Crippen LogP) is 3.98. The molecule has 2 nitrogen and oxygen atoms in total. The molecule has 0 fully saturated rings. The topological polar surface area (TPSA) is 29.1 Å². The van der Waals surface area contributed by atoms with Gasteiger partial charge in [-0.2, -0.15) is 0 Å². The van der Waals surface area contributed by atoms with Crippen LogP contribution in [0.3, 0.4) is 0 Å². The summed E-state index contributed by atoms with van der Waals surface area (Å²) in [4.78, 5) is 0. The van der Waals surface area contributed by atoms with Gasteiger partial charge in [-0.1, -0.05) is 31.6 Å². The van der Waals surface area contributed by atoms with Gasteiger partial charge in [-0.05, 0) is 51.9 Å². The highest BCUT2D eigenvalue weighted by molar-refractivity contribution is 7.84. The van der Waals surface area contributed by atoms with E-state index in [1.54, 1.807) is 0 Å². The van der Waals surface area contributed by atoms with Crippen molar-refractivity contribution in [2.75, 3.05) is 0 Å². The van der Waals surface area contributed by atoms with E-state index in [9.17, 15) is 4.21 Å². The van der Waals surface area contributed by atoms with Crippen LogP contribution in [-0.2, 0) is 11.0 Å². The molecule has 19 heavy (non-hydrogen) atoms. The predicted molar refractivity (Wildman–Crippen MR) is 85.3 cm³/mol. The lowest BCUT2D eigenvalue weighted by atomic mass is 9.73. The standard InChI is InChI=1S/C16H29NOS/c1-8-9-14(17-19(18)15(3,4)5)13-11-10-12(2)16(13,6)7/h8,10,13-14,17H,1,9,11H2,2-7H3/t13?,14-,19?/m0/s1. The molecule has 0 radical (unpaired) electrons. The maximum Gasteiger partial charge on any atom is 0.0972 e. The van der Waals surface area contributed by atoms with Gasteiger partial charge >= 0.3 is 0 Å². The average Bonchev–Trinajstić information content (AvgIpc) is 2.52. The Morgan fingerprint density at radius 3 is 2.53 bits per heavy atom. The first kappa shape index (κ1) is 16.6. The van der Waals surface area contributed by atoms with Gasteiger partial charge in [0, 0.05) is 6.04 Å². The first-order chi connectivity index (χ1) is 8.60. The van der Waals surface area contributed by atoms with Gasteiger partial charge in [0.1, 0.15) is 0 Å². The van der Waals surface area contributed by atoms with Crippen molar-refractivity contribution >= 4 is 11.0 Å². The van der Waals surface area contributed by atoms with Crippen LogP contribution >= 0.6 is 0 Å². The lowest BCUT2D eigenvalue weighted by Crippen LogP contribution is -2.46. The van der Waals surface area contributed by atoms with Gasteiger partial charge in [-0.3, -0.25) is 0 Å². The van der Waals surface area contributed by atoms with Crippen molar-refractivity contribution in [1.82, 2.24) is 4.72 Å². The van der Waals surface area contributed by atoms with Crippen molar-refractivity contribution in [2.45, 2.75) is 65.2 Å².